The number of amides is 1. The minimum absolute atomic E-state index is 0.194. The minimum Gasteiger partial charge on any atom is -0.497 e. The molecule has 34 heavy (non-hydrogen) atoms. The average Bonchev–Trinajstić information content (AvgIpc) is 3.62. The van der Waals surface area contributed by atoms with E-state index in [4.69, 9.17) is 9.72 Å². The summed E-state index contributed by atoms with van der Waals surface area (Å²) in [4.78, 5) is 24.5. The molecule has 1 saturated heterocycles. The van der Waals surface area contributed by atoms with Gasteiger partial charge in [-0.1, -0.05) is 23.5 Å². The van der Waals surface area contributed by atoms with Gasteiger partial charge in [-0.2, -0.15) is 4.31 Å². The van der Waals surface area contributed by atoms with Crippen molar-refractivity contribution >= 4 is 54.0 Å². The van der Waals surface area contributed by atoms with Crippen LogP contribution in [0.3, 0.4) is 0 Å². The lowest BCUT2D eigenvalue weighted by atomic mass is 10.2. The van der Waals surface area contributed by atoms with E-state index >= 15 is 0 Å². The van der Waals surface area contributed by atoms with Gasteiger partial charge in [0.1, 0.15) is 16.0 Å². The summed E-state index contributed by atoms with van der Waals surface area (Å²) in [5.41, 5.74) is 1.41. The third-order valence-corrected chi connectivity index (χ3v) is 10.0. The molecular weight excluding hydrogens is 492 g/mol. The number of carbonyl (C=O) groups excluding carboxylic acids is 1. The molecule has 11 heteroatoms. The van der Waals surface area contributed by atoms with Gasteiger partial charge in [-0.25, -0.2) is 13.4 Å². The lowest BCUT2D eigenvalue weighted by molar-refractivity contribution is -0.121. The van der Waals surface area contributed by atoms with Crippen LogP contribution in [0.25, 0.3) is 10.2 Å². The zero-order chi connectivity index (χ0) is 23.7. The fraction of sp³-hybridized carbons (Fsp3) is 0.261. The Bertz CT molecular complexity index is 1400. The standard InChI is InChI=1S/C23H22N4O4S3/c1-31-17-9-10-20-18(14-17)25-23(33-20)26(15-16-6-2-3-11-24-16)22(28)19-7-4-12-27(19)34(29,30)21-8-5-13-32-21/h2-3,5-6,8-11,13-14,19H,4,7,12,15H2,1H3/t19-/m0/s1. The van der Waals surface area contributed by atoms with Gasteiger partial charge in [0.05, 0.1) is 29.6 Å². The SMILES string of the molecule is COc1ccc2sc(N(Cc3ccccn3)C(=O)[C@@H]3CCCN3S(=O)(=O)c3cccs3)nc2c1. The van der Waals surface area contributed by atoms with Gasteiger partial charge in [0, 0.05) is 18.8 Å². The first kappa shape index (κ1) is 22.9. The van der Waals surface area contributed by atoms with Gasteiger partial charge >= 0.3 is 0 Å². The Hall–Kier alpha value is -2.86. The number of thiophene rings is 1. The van der Waals surface area contributed by atoms with Crippen molar-refractivity contribution in [3.8, 4) is 5.75 Å². The van der Waals surface area contributed by atoms with Crippen LogP contribution in [0.5, 0.6) is 5.75 Å². The van der Waals surface area contributed by atoms with E-state index in [0.29, 0.717) is 41.5 Å². The first-order valence-corrected chi connectivity index (χ1v) is 13.8. The maximum atomic E-state index is 13.9. The van der Waals surface area contributed by atoms with Crippen molar-refractivity contribution in [2.24, 2.45) is 0 Å². The van der Waals surface area contributed by atoms with Crippen LogP contribution in [-0.2, 0) is 21.4 Å². The number of aromatic nitrogens is 2. The molecule has 8 nitrogen and oxygen atoms in total. The molecule has 0 unspecified atom stereocenters. The van der Waals surface area contributed by atoms with Crippen molar-refractivity contribution < 1.29 is 17.9 Å². The van der Waals surface area contributed by atoms with Crippen molar-refractivity contribution in [1.82, 2.24) is 14.3 Å². The molecule has 0 N–H and O–H groups in total. The largest absolute Gasteiger partial charge is 0.497 e. The summed E-state index contributed by atoms with van der Waals surface area (Å²) in [6.07, 6.45) is 2.75. The van der Waals surface area contributed by atoms with E-state index < -0.39 is 16.1 Å². The zero-order valence-electron chi connectivity index (χ0n) is 18.3. The molecule has 4 aromatic rings. The van der Waals surface area contributed by atoms with Crippen molar-refractivity contribution in [2.75, 3.05) is 18.6 Å². The molecule has 1 aliphatic heterocycles. The van der Waals surface area contributed by atoms with Gasteiger partial charge in [-0.3, -0.25) is 14.7 Å². The predicted octanol–water partition coefficient (Wildman–Crippen LogP) is 4.15. The summed E-state index contributed by atoms with van der Waals surface area (Å²) in [7, 11) is -2.17. The van der Waals surface area contributed by atoms with Gasteiger partial charge < -0.3 is 4.74 Å². The van der Waals surface area contributed by atoms with E-state index in [1.54, 1.807) is 35.7 Å². The lowest BCUT2D eigenvalue weighted by Crippen LogP contribution is -2.47. The number of thiazole rings is 1. The summed E-state index contributed by atoms with van der Waals surface area (Å²) in [6, 6.07) is 13.6. The maximum Gasteiger partial charge on any atom is 0.253 e. The maximum absolute atomic E-state index is 13.9. The number of hydrogen-bond acceptors (Lipinski definition) is 8. The minimum atomic E-state index is -3.76. The van der Waals surface area contributed by atoms with E-state index in [1.165, 1.54) is 15.6 Å². The monoisotopic (exact) mass is 514 g/mol. The molecule has 1 fully saturated rings. The van der Waals surface area contributed by atoms with Gasteiger partial charge in [-0.15, -0.1) is 11.3 Å². The van der Waals surface area contributed by atoms with E-state index in [9.17, 15) is 13.2 Å². The number of methoxy groups -OCH3 is 1. The van der Waals surface area contributed by atoms with E-state index in [0.717, 1.165) is 16.0 Å². The molecule has 0 radical (unpaired) electrons. The molecule has 0 saturated carbocycles. The van der Waals surface area contributed by atoms with Crippen LogP contribution in [0.15, 0.2) is 64.3 Å². The normalized spacial score (nSPS) is 16.7. The number of fused-ring (bicyclic) bond motifs is 1. The Balaban J connectivity index is 1.53. The number of anilines is 1. The molecule has 3 aromatic heterocycles. The Labute approximate surface area is 205 Å². The van der Waals surface area contributed by atoms with Crippen LogP contribution in [-0.4, -0.2) is 48.3 Å². The zero-order valence-corrected chi connectivity index (χ0v) is 20.8. The summed E-state index contributed by atoms with van der Waals surface area (Å²) in [6.45, 7) is 0.505. The highest BCUT2D eigenvalue weighted by atomic mass is 32.2. The molecule has 0 spiro atoms. The van der Waals surface area contributed by atoms with Crippen LogP contribution in [0.1, 0.15) is 18.5 Å². The molecule has 1 aliphatic rings. The lowest BCUT2D eigenvalue weighted by Gasteiger charge is -2.28. The van der Waals surface area contributed by atoms with Crippen molar-refractivity contribution in [1.29, 1.82) is 0 Å². The molecular formula is C23H22N4O4S3. The molecule has 5 rings (SSSR count). The van der Waals surface area contributed by atoms with Gasteiger partial charge in [0.15, 0.2) is 5.13 Å². The van der Waals surface area contributed by atoms with Crippen molar-refractivity contribution in [3.05, 3.63) is 65.8 Å². The van der Waals surface area contributed by atoms with Crippen molar-refractivity contribution in [3.63, 3.8) is 0 Å². The van der Waals surface area contributed by atoms with Crippen LogP contribution in [0, 0.1) is 0 Å². The second-order valence-electron chi connectivity index (χ2n) is 7.78. The first-order valence-electron chi connectivity index (χ1n) is 10.7. The number of sulfonamides is 1. The van der Waals surface area contributed by atoms with Crippen LogP contribution < -0.4 is 9.64 Å². The number of nitrogens with zero attached hydrogens (tertiary/aromatic N) is 4. The predicted molar refractivity (Wildman–Crippen MR) is 133 cm³/mol. The first-order chi connectivity index (χ1) is 16.5. The summed E-state index contributed by atoms with van der Waals surface area (Å²) < 4.78 is 34.3. The summed E-state index contributed by atoms with van der Waals surface area (Å²) in [5.74, 6) is 0.380. The number of carbonyl (C=O) groups is 1. The summed E-state index contributed by atoms with van der Waals surface area (Å²) >= 11 is 2.54. The van der Waals surface area contributed by atoms with E-state index in [2.05, 4.69) is 4.98 Å². The molecule has 1 amide bonds. The average molecular weight is 515 g/mol. The smallest absolute Gasteiger partial charge is 0.253 e. The Morgan fingerprint density at radius 3 is 2.85 bits per heavy atom. The quantitative estimate of drug-likeness (QED) is 0.368. The van der Waals surface area contributed by atoms with Gasteiger partial charge in [0.25, 0.3) is 10.0 Å². The molecule has 4 heterocycles. The Morgan fingerprint density at radius 2 is 2.12 bits per heavy atom. The number of pyridine rings is 1. The Morgan fingerprint density at radius 1 is 1.24 bits per heavy atom. The molecule has 176 valence electrons. The number of benzene rings is 1. The number of rotatable bonds is 7. The second-order valence-corrected chi connectivity index (χ2v) is 11.9. The van der Waals surface area contributed by atoms with Crippen LogP contribution in [0.2, 0.25) is 0 Å². The second kappa shape index (κ2) is 9.41. The Kier molecular flexibility index (Phi) is 6.34. The highest BCUT2D eigenvalue weighted by molar-refractivity contribution is 7.91. The van der Waals surface area contributed by atoms with Crippen molar-refractivity contribution in [2.45, 2.75) is 29.6 Å². The van der Waals surface area contributed by atoms with Crippen LogP contribution in [0.4, 0.5) is 5.13 Å². The fourth-order valence-corrected chi connectivity index (χ4v) is 7.73. The highest BCUT2D eigenvalue weighted by Crippen LogP contribution is 2.35. The topological polar surface area (TPSA) is 92.7 Å². The van der Waals surface area contributed by atoms with E-state index in [-0.39, 0.29) is 16.7 Å². The molecule has 0 aliphatic carbocycles. The number of hydrogen-bond donors (Lipinski definition) is 0. The summed E-state index contributed by atoms with van der Waals surface area (Å²) in [5, 5.41) is 2.22. The van der Waals surface area contributed by atoms with Crippen LogP contribution >= 0.6 is 22.7 Å². The third kappa shape index (κ3) is 4.31. The fourth-order valence-electron chi connectivity index (χ4n) is 4.01. The molecule has 1 aromatic carbocycles. The molecule has 0 bridgehead atoms. The number of ether oxygens (including phenoxy) is 1. The molecule has 1 atom stereocenters. The van der Waals surface area contributed by atoms with Gasteiger partial charge in [-0.05, 0) is 48.6 Å². The van der Waals surface area contributed by atoms with Gasteiger partial charge in [0.2, 0.25) is 5.91 Å². The third-order valence-electron chi connectivity index (χ3n) is 5.67. The highest BCUT2D eigenvalue weighted by Gasteiger charge is 2.42. The van der Waals surface area contributed by atoms with E-state index in [1.807, 2.05) is 36.4 Å².